The Morgan fingerprint density at radius 3 is 2.42 bits per heavy atom. The van der Waals surface area contributed by atoms with Crippen LogP contribution in [0.5, 0.6) is 0 Å². The Balaban J connectivity index is 2.50. The summed E-state index contributed by atoms with van der Waals surface area (Å²) in [6.45, 7) is 7.40. The van der Waals surface area contributed by atoms with Gasteiger partial charge in [-0.05, 0) is 25.8 Å². The van der Waals surface area contributed by atoms with Gasteiger partial charge in [0, 0.05) is 18.1 Å². The topological polar surface area (TPSA) is 38.0 Å². The van der Waals surface area contributed by atoms with Gasteiger partial charge in [0.1, 0.15) is 0 Å². The van der Waals surface area contributed by atoms with E-state index in [-0.39, 0.29) is 5.54 Å². The average molecular weight is 262 g/mol. The summed E-state index contributed by atoms with van der Waals surface area (Å²) in [6, 6.07) is 10.9. The fourth-order valence-corrected chi connectivity index (χ4v) is 2.52. The van der Waals surface area contributed by atoms with E-state index in [1.807, 2.05) is 0 Å². The second-order valence-electron chi connectivity index (χ2n) is 5.85. The average Bonchev–Trinajstić information content (AvgIpc) is 2.44. The molecular weight excluding hydrogens is 232 g/mol. The number of nitrogens with one attached hydrogen (secondary N) is 1. The van der Waals surface area contributed by atoms with Gasteiger partial charge in [0.05, 0.1) is 0 Å². The van der Waals surface area contributed by atoms with Gasteiger partial charge in [-0.3, -0.25) is 0 Å². The van der Waals surface area contributed by atoms with E-state index < -0.39 is 0 Å². The molecule has 3 N–H and O–H groups in total. The highest BCUT2D eigenvalue weighted by atomic mass is 15.0. The molecule has 2 unspecified atom stereocenters. The van der Waals surface area contributed by atoms with Crippen molar-refractivity contribution in [1.82, 2.24) is 5.32 Å². The maximum absolute atomic E-state index is 5.99. The van der Waals surface area contributed by atoms with Crippen molar-refractivity contribution in [2.45, 2.75) is 64.5 Å². The minimum Gasteiger partial charge on any atom is -0.329 e. The van der Waals surface area contributed by atoms with Crippen molar-refractivity contribution in [3.63, 3.8) is 0 Å². The molecule has 0 spiro atoms. The monoisotopic (exact) mass is 262 g/mol. The third-order valence-corrected chi connectivity index (χ3v) is 3.90. The summed E-state index contributed by atoms with van der Waals surface area (Å²) in [4.78, 5) is 0. The van der Waals surface area contributed by atoms with Crippen molar-refractivity contribution >= 4 is 0 Å². The third kappa shape index (κ3) is 5.75. The molecule has 0 bridgehead atoms. The smallest absolute Gasteiger partial charge is 0.0297 e. The summed E-state index contributed by atoms with van der Waals surface area (Å²) in [5.41, 5.74) is 7.36. The van der Waals surface area contributed by atoms with Crippen molar-refractivity contribution in [3.05, 3.63) is 35.9 Å². The quantitative estimate of drug-likeness (QED) is 0.660. The van der Waals surface area contributed by atoms with Crippen molar-refractivity contribution in [1.29, 1.82) is 0 Å². The van der Waals surface area contributed by atoms with Crippen molar-refractivity contribution in [3.8, 4) is 0 Å². The molecule has 2 atom stereocenters. The lowest BCUT2D eigenvalue weighted by atomic mass is 9.92. The molecular formula is C17H30N2. The standard InChI is InChI=1S/C17H30N2/c1-4-5-6-10-13-17(3,14-18)19-15(2)16-11-8-7-9-12-16/h7-9,11-12,15,19H,4-6,10,13-14,18H2,1-3H3. The molecule has 0 fully saturated rings. The van der Waals surface area contributed by atoms with Crippen LogP contribution < -0.4 is 11.1 Å². The first-order valence-electron chi connectivity index (χ1n) is 7.64. The van der Waals surface area contributed by atoms with E-state index in [2.05, 4.69) is 56.4 Å². The number of nitrogens with two attached hydrogens (primary N) is 1. The van der Waals surface area contributed by atoms with Gasteiger partial charge in [0.15, 0.2) is 0 Å². The summed E-state index contributed by atoms with van der Waals surface area (Å²) >= 11 is 0. The molecule has 0 aliphatic heterocycles. The van der Waals surface area contributed by atoms with Gasteiger partial charge in [0.25, 0.3) is 0 Å². The minimum absolute atomic E-state index is 0.0446. The number of benzene rings is 1. The highest BCUT2D eigenvalue weighted by Gasteiger charge is 2.24. The molecule has 1 aromatic rings. The number of hydrogen-bond donors (Lipinski definition) is 2. The zero-order valence-electron chi connectivity index (χ0n) is 12.8. The molecule has 0 saturated heterocycles. The molecule has 0 aliphatic carbocycles. The second kappa shape index (κ2) is 8.34. The maximum Gasteiger partial charge on any atom is 0.0297 e. The number of rotatable bonds is 9. The number of hydrogen-bond acceptors (Lipinski definition) is 2. The molecule has 2 nitrogen and oxygen atoms in total. The van der Waals surface area contributed by atoms with Crippen molar-refractivity contribution in [2.24, 2.45) is 5.73 Å². The first kappa shape index (κ1) is 16.2. The molecule has 2 heteroatoms. The highest BCUT2D eigenvalue weighted by molar-refractivity contribution is 5.18. The summed E-state index contributed by atoms with van der Waals surface area (Å²) in [7, 11) is 0. The highest BCUT2D eigenvalue weighted by Crippen LogP contribution is 2.20. The molecule has 0 saturated carbocycles. The zero-order chi connectivity index (χ0) is 14.1. The van der Waals surface area contributed by atoms with Crippen LogP contribution in [0.4, 0.5) is 0 Å². The lowest BCUT2D eigenvalue weighted by molar-refractivity contribution is 0.297. The normalized spacial score (nSPS) is 16.0. The van der Waals surface area contributed by atoms with Crippen LogP contribution in [-0.2, 0) is 0 Å². The molecule has 0 aromatic heterocycles. The van der Waals surface area contributed by atoms with Gasteiger partial charge in [-0.15, -0.1) is 0 Å². The lowest BCUT2D eigenvalue weighted by Gasteiger charge is -2.33. The van der Waals surface area contributed by atoms with E-state index in [0.717, 1.165) is 6.42 Å². The van der Waals surface area contributed by atoms with Crippen molar-refractivity contribution < 1.29 is 0 Å². The molecule has 19 heavy (non-hydrogen) atoms. The van der Waals surface area contributed by atoms with Crippen LogP contribution in [-0.4, -0.2) is 12.1 Å². The summed E-state index contributed by atoms with van der Waals surface area (Å²) < 4.78 is 0. The second-order valence-corrected chi connectivity index (χ2v) is 5.85. The molecule has 1 rings (SSSR count). The Morgan fingerprint density at radius 2 is 1.84 bits per heavy atom. The van der Waals surface area contributed by atoms with Crippen LogP contribution in [0.15, 0.2) is 30.3 Å². The van der Waals surface area contributed by atoms with E-state index in [0.29, 0.717) is 12.6 Å². The maximum atomic E-state index is 5.99. The van der Waals surface area contributed by atoms with E-state index >= 15 is 0 Å². The first-order chi connectivity index (χ1) is 9.11. The van der Waals surface area contributed by atoms with Gasteiger partial charge in [-0.1, -0.05) is 62.9 Å². The fraction of sp³-hybridized carbons (Fsp3) is 0.647. The Hall–Kier alpha value is -0.860. The predicted molar refractivity (Wildman–Crippen MR) is 84.2 cm³/mol. The van der Waals surface area contributed by atoms with E-state index in [4.69, 9.17) is 5.73 Å². The largest absolute Gasteiger partial charge is 0.329 e. The van der Waals surface area contributed by atoms with E-state index in [9.17, 15) is 0 Å². The van der Waals surface area contributed by atoms with Gasteiger partial charge in [-0.25, -0.2) is 0 Å². The van der Waals surface area contributed by atoms with Crippen LogP contribution in [0.2, 0.25) is 0 Å². The Bertz CT molecular complexity index is 336. The molecule has 1 aromatic carbocycles. The molecule has 0 amide bonds. The predicted octanol–water partition coefficient (Wildman–Crippen LogP) is 4.03. The number of unbranched alkanes of at least 4 members (excludes halogenated alkanes) is 3. The summed E-state index contributed by atoms with van der Waals surface area (Å²) in [5, 5.41) is 3.71. The summed E-state index contributed by atoms with van der Waals surface area (Å²) in [6.07, 6.45) is 6.34. The summed E-state index contributed by atoms with van der Waals surface area (Å²) in [5.74, 6) is 0. The van der Waals surface area contributed by atoms with Gasteiger partial charge in [0.2, 0.25) is 0 Å². The van der Waals surface area contributed by atoms with Gasteiger partial charge in [-0.2, -0.15) is 0 Å². The molecule has 0 heterocycles. The van der Waals surface area contributed by atoms with Crippen LogP contribution in [0.25, 0.3) is 0 Å². The zero-order valence-corrected chi connectivity index (χ0v) is 12.8. The lowest BCUT2D eigenvalue weighted by Crippen LogP contribution is -2.49. The van der Waals surface area contributed by atoms with Crippen LogP contribution in [0.1, 0.15) is 64.5 Å². The van der Waals surface area contributed by atoms with Crippen molar-refractivity contribution in [2.75, 3.05) is 6.54 Å². The minimum atomic E-state index is 0.0446. The van der Waals surface area contributed by atoms with Gasteiger partial charge >= 0.3 is 0 Å². The SMILES string of the molecule is CCCCCCC(C)(CN)NC(C)c1ccccc1. The molecule has 0 radical (unpaired) electrons. The van der Waals surface area contributed by atoms with Crippen LogP contribution in [0.3, 0.4) is 0 Å². The Labute approximate surface area is 118 Å². The Morgan fingerprint density at radius 1 is 1.16 bits per heavy atom. The van der Waals surface area contributed by atoms with E-state index in [1.54, 1.807) is 0 Å². The third-order valence-electron chi connectivity index (χ3n) is 3.90. The first-order valence-corrected chi connectivity index (χ1v) is 7.64. The van der Waals surface area contributed by atoms with Crippen LogP contribution in [0, 0.1) is 0 Å². The fourth-order valence-electron chi connectivity index (χ4n) is 2.52. The van der Waals surface area contributed by atoms with Crippen LogP contribution >= 0.6 is 0 Å². The molecule has 0 aliphatic rings. The van der Waals surface area contributed by atoms with Gasteiger partial charge < -0.3 is 11.1 Å². The van der Waals surface area contributed by atoms with E-state index in [1.165, 1.54) is 31.2 Å². The molecule has 108 valence electrons. The Kier molecular flexibility index (Phi) is 7.11.